The van der Waals surface area contributed by atoms with Crippen LogP contribution in [-0.2, 0) is 13.1 Å². The summed E-state index contributed by atoms with van der Waals surface area (Å²) in [4.78, 5) is 4.43. The minimum absolute atomic E-state index is 0.0805. The van der Waals surface area contributed by atoms with Crippen molar-refractivity contribution < 1.29 is 18.3 Å². The first-order valence-corrected chi connectivity index (χ1v) is 8.23. The van der Waals surface area contributed by atoms with Gasteiger partial charge in [-0.25, -0.2) is 4.99 Å². The molecule has 9 heteroatoms. The first kappa shape index (κ1) is 19.5. The molecule has 7 nitrogen and oxygen atoms in total. The molecule has 0 atom stereocenters. The van der Waals surface area contributed by atoms with Gasteiger partial charge in [-0.2, -0.15) is 13.9 Å². The van der Waals surface area contributed by atoms with Gasteiger partial charge in [-0.15, -0.1) is 0 Å². The summed E-state index contributed by atoms with van der Waals surface area (Å²) in [5.74, 6) is 1.20. The molecule has 1 heterocycles. The van der Waals surface area contributed by atoms with Crippen molar-refractivity contribution in [3.8, 4) is 11.5 Å². The molecular weight excluding hydrogens is 344 g/mol. The summed E-state index contributed by atoms with van der Waals surface area (Å²) in [7, 11) is 1.51. The lowest BCUT2D eigenvalue weighted by Gasteiger charge is -2.13. The topological polar surface area (TPSA) is 72.7 Å². The smallest absolute Gasteiger partial charge is 0.387 e. The standard InChI is InChI=1S/C17H23F2N5O2/c1-3-20-17(21-8-10-24-9-4-7-23-24)22-12-13-11-14(25-2)5-6-15(13)26-16(18)19/h4-7,9,11,16H,3,8,10,12H2,1-2H3,(H2,20,21,22). The predicted octanol–water partition coefficient (Wildman–Crippen LogP) is 2.25. The Hall–Kier alpha value is -2.84. The fourth-order valence-corrected chi connectivity index (χ4v) is 2.24. The molecule has 142 valence electrons. The van der Waals surface area contributed by atoms with Gasteiger partial charge >= 0.3 is 6.61 Å². The highest BCUT2D eigenvalue weighted by Crippen LogP contribution is 2.26. The zero-order valence-corrected chi connectivity index (χ0v) is 14.8. The Morgan fingerprint density at radius 2 is 2.19 bits per heavy atom. The summed E-state index contributed by atoms with van der Waals surface area (Å²) in [5.41, 5.74) is 0.508. The van der Waals surface area contributed by atoms with E-state index < -0.39 is 6.61 Å². The second-order valence-corrected chi connectivity index (χ2v) is 5.24. The number of nitrogens with one attached hydrogen (secondary N) is 2. The van der Waals surface area contributed by atoms with E-state index in [1.807, 2.05) is 19.2 Å². The summed E-state index contributed by atoms with van der Waals surface area (Å²) < 4.78 is 36.7. The highest BCUT2D eigenvalue weighted by molar-refractivity contribution is 5.79. The van der Waals surface area contributed by atoms with E-state index in [-0.39, 0.29) is 12.3 Å². The Bertz CT molecular complexity index is 692. The molecule has 0 saturated heterocycles. The summed E-state index contributed by atoms with van der Waals surface area (Å²) >= 11 is 0. The largest absolute Gasteiger partial charge is 0.497 e. The number of methoxy groups -OCH3 is 1. The number of hydrogen-bond donors (Lipinski definition) is 2. The van der Waals surface area contributed by atoms with Gasteiger partial charge in [0, 0.05) is 31.0 Å². The van der Waals surface area contributed by atoms with E-state index in [0.29, 0.717) is 36.9 Å². The van der Waals surface area contributed by atoms with E-state index in [9.17, 15) is 8.78 Å². The Kier molecular flexibility index (Phi) is 7.66. The van der Waals surface area contributed by atoms with Gasteiger partial charge in [0.15, 0.2) is 5.96 Å². The van der Waals surface area contributed by atoms with E-state index >= 15 is 0 Å². The van der Waals surface area contributed by atoms with Crippen LogP contribution >= 0.6 is 0 Å². The van der Waals surface area contributed by atoms with Crippen LogP contribution in [0.5, 0.6) is 11.5 Å². The number of aromatic nitrogens is 2. The van der Waals surface area contributed by atoms with Crippen LogP contribution in [-0.4, -0.2) is 42.6 Å². The van der Waals surface area contributed by atoms with Gasteiger partial charge in [0.05, 0.1) is 20.2 Å². The van der Waals surface area contributed by atoms with Gasteiger partial charge in [-0.1, -0.05) is 0 Å². The molecule has 2 rings (SSSR count). The van der Waals surface area contributed by atoms with Crippen molar-refractivity contribution in [2.75, 3.05) is 20.2 Å². The number of aliphatic imine (C=N–C) groups is 1. The SMILES string of the molecule is CCNC(=NCc1cc(OC)ccc1OC(F)F)NCCn1cccn1. The van der Waals surface area contributed by atoms with Crippen LogP contribution in [0.4, 0.5) is 8.78 Å². The predicted molar refractivity (Wildman–Crippen MR) is 94.7 cm³/mol. The maximum Gasteiger partial charge on any atom is 0.387 e. The van der Waals surface area contributed by atoms with Gasteiger partial charge in [0.2, 0.25) is 0 Å². The molecule has 0 radical (unpaired) electrons. The number of guanidine groups is 1. The maximum absolute atomic E-state index is 12.6. The lowest BCUT2D eigenvalue weighted by molar-refractivity contribution is -0.0504. The number of ether oxygens (including phenoxy) is 2. The average Bonchev–Trinajstić information content (AvgIpc) is 3.13. The van der Waals surface area contributed by atoms with Crippen LogP contribution in [0.2, 0.25) is 0 Å². The van der Waals surface area contributed by atoms with Gasteiger partial charge in [0.25, 0.3) is 0 Å². The average molecular weight is 367 g/mol. The molecule has 0 bridgehead atoms. The number of nitrogens with zero attached hydrogens (tertiary/aromatic N) is 3. The van der Waals surface area contributed by atoms with Gasteiger partial charge < -0.3 is 20.1 Å². The number of rotatable bonds is 9. The van der Waals surface area contributed by atoms with Crippen LogP contribution in [0.1, 0.15) is 12.5 Å². The molecule has 0 aliphatic rings. The Morgan fingerprint density at radius 1 is 1.35 bits per heavy atom. The van der Waals surface area contributed by atoms with Crippen LogP contribution in [0, 0.1) is 0 Å². The van der Waals surface area contributed by atoms with E-state index in [1.165, 1.54) is 13.2 Å². The zero-order valence-electron chi connectivity index (χ0n) is 14.8. The molecule has 0 aliphatic carbocycles. The summed E-state index contributed by atoms with van der Waals surface area (Å²) in [6.45, 7) is 1.18. The molecule has 0 unspecified atom stereocenters. The minimum atomic E-state index is -2.90. The monoisotopic (exact) mass is 367 g/mol. The summed E-state index contributed by atoms with van der Waals surface area (Å²) in [5, 5.41) is 10.4. The molecule has 0 fully saturated rings. The van der Waals surface area contributed by atoms with E-state index in [1.54, 1.807) is 23.0 Å². The molecule has 1 aromatic carbocycles. The fraction of sp³-hybridized carbons (Fsp3) is 0.412. The Labute approximate surface area is 151 Å². The highest BCUT2D eigenvalue weighted by atomic mass is 19.3. The third-order valence-electron chi connectivity index (χ3n) is 3.43. The van der Waals surface area contributed by atoms with E-state index in [0.717, 1.165) is 0 Å². The molecule has 1 aromatic heterocycles. The van der Waals surface area contributed by atoms with Gasteiger partial charge in [-0.3, -0.25) is 4.68 Å². The third-order valence-corrected chi connectivity index (χ3v) is 3.43. The first-order chi connectivity index (χ1) is 12.6. The second-order valence-electron chi connectivity index (χ2n) is 5.24. The quantitative estimate of drug-likeness (QED) is 0.525. The number of hydrogen-bond acceptors (Lipinski definition) is 4. The van der Waals surface area contributed by atoms with Gasteiger partial charge in [0.1, 0.15) is 11.5 Å². The molecule has 0 amide bonds. The molecule has 0 saturated carbocycles. The highest BCUT2D eigenvalue weighted by Gasteiger charge is 2.11. The van der Waals surface area contributed by atoms with Crippen molar-refractivity contribution in [3.63, 3.8) is 0 Å². The summed E-state index contributed by atoms with van der Waals surface area (Å²) in [6.07, 6.45) is 3.59. The van der Waals surface area contributed by atoms with Crippen molar-refractivity contribution >= 4 is 5.96 Å². The van der Waals surface area contributed by atoms with E-state index in [2.05, 4.69) is 25.5 Å². The number of alkyl halides is 2. The first-order valence-electron chi connectivity index (χ1n) is 8.23. The van der Waals surface area contributed by atoms with Crippen molar-refractivity contribution in [2.24, 2.45) is 4.99 Å². The molecule has 0 aliphatic heterocycles. The van der Waals surface area contributed by atoms with Crippen LogP contribution in [0.3, 0.4) is 0 Å². The fourth-order valence-electron chi connectivity index (χ4n) is 2.24. The molecule has 2 N–H and O–H groups in total. The number of halogens is 2. The van der Waals surface area contributed by atoms with Crippen LogP contribution in [0.15, 0.2) is 41.7 Å². The zero-order chi connectivity index (χ0) is 18.8. The normalized spacial score (nSPS) is 11.5. The molecular formula is C17H23F2N5O2. The van der Waals surface area contributed by atoms with E-state index in [4.69, 9.17) is 4.74 Å². The van der Waals surface area contributed by atoms with Crippen molar-refractivity contribution in [2.45, 2.75) is 26.6 Å². The lowest BCUT2D eigenvalue weighted by Crippen LogP contribution is -2.38. The van der Waals surface area contributed by atoms with Crippen LogP contribution < -0.4 is 20.1 Å². The second kappa shape index (κ2) is 10.2. The molecule has 26 heavy (non-hydrogen) atoms. The number of benzene rings is 1. The van der Waals surface area contributed by atoms with Crippen LogP contribution in [0.25, 0.3) is 0 Å². The Morgan fingerprint density at radius 3 is 2.85 bits per heavy atom. The van der Waals surface area contributed by atoms with Crippen molar-refractivity contribution in [3.05, 3.63) is 42.2 Å². The van der Waals surface area contributed by atoms with Gasteiger partial charge in [-0.05, 0) is 31.2 Å². The lowest BCUT2D eigenvalue weighted by atomic mass is 10.2. The maximum atomic E-state index is 12.6. The Balaban J connectivity index is 2.04. The third kappa shape index (κ3) is 6.23. The molecule has 0 spiro atoms. The molecule has 2 aromatic rings. The summed E-state index contributed by atoms with van der Waals surface area (Å²) in [6, 6.07) is 6.51. The minimum Gasteiger partial charge on any atom is -0.497 e. The van der Waals surface area contributed by atoms with Crippen molar-refractivity contribution in [1.29, 1.82) is 0 Å². The van der Waals surface area contributed by atoms with Crippen molar-refractivity contribution in [1.82, 2.24) is 20.4 Å².